The molecule has 0 aliphatic rings. The minimum Gasteiger partial charge on any atom is -0.377 e. The van der Waals surface area contributed by atoms with E-state index in [2.05, 4.69) is 10.0 Å². The average molecular weight is 308 g/mol. The zero-order valence-electron chi connectivity index (χ0n) is 11.8. The van der Waals surface area contributed by atoms with Crippen LogP contribution in [-0.4, -0.2) is 14.7 Å². The Labute approximate surface area is 124 Å². The summed E-state index contributed by atoms with van der Waals surface area (Å²) in [5, 5.41) is 3.22. The van der Waals surface area contributed by atoms with Gasteiger partial charge in [-0.25, -0.2) is 12.8 Å². The van der Waals surface area contributed by atoms with Crippen LogP contribution in [0.3, 0.4) is 0 Å². The minimum atomic E-state index is -3.35. The highest BCUT2D eigenvalue weighted by molar-refractivity contribution is 7.92. The van der Waals surface area contributed by atoms with Crippen molar-refractivity contribution in [2.24, 2.45) is 0 Å². The van der Waals surface area contributed by atoms with Gasteiger partial charge in [0.1, 0.15) is 5.82 Å². The second-order valence-electron chi connectivity index (χ2n) is 4.84. The molecule has 2 rings (SSSR count). The molecule has 0 bridgehead atoms. The van der Waals surface area contributed by atoms with Gasteiger partial charge >= 0.3 is 0 Å². The van der Waals surface area contributed by atoms with Gasteiger partial charge in [0.05, 0.1) is 17.6 Å². The third kappa shape index (κ3) is 4.46. The molecule has 0 heterocycles. The largest absolute Gasteiger partial charge is 0.377 e. The molecule has 0 radical (unpaired) electrons. The van der Waals surface area contributed by atoms with Crippen molar-refractivity contribution >= 4 is 21.4 Å². The molecule has 1 unspecified atom stereocenters. The fourth-order valence-electron chi connectivity index (χ4n) is 1.97. The molecule has 0 spiro atoms. The maximum Gasteiger partial charge on any atom is 0.229 e. The number of sulfonamides is 1. The van der Waals surface area contributed by atoms with Gasteiger partial charge in [0.2, 0.25) is 10.0 Å². The summed E-state index contributed by atoms with van der Waals surface area (Å²) in [6.45, 7) is 1.92. The van der Waals surface area contributed by atoms with Crippen molar-refractivity contribution in [3.05, 3.63) is 59.9 Å². The molecule has 2 N–H and O–H groups in total. The monoisotopic (exact) mass is 308 g/mol. The summed E-state index contributed by atoms with van der Waals surface area (Å²) in [5.74, 6) is -0.287. The van der Waals surface area contributed by atoms with Crippen molar-refractivity contribution in [2.75, 3.05) is 16.3 Å². The summed E-state index contributed by atoms with van der Waals surface area (Å²) in [6.07, 6.45) is 1.10. The topological polar surface area (TPSA) is 58.2 Å². The Morgan fingerprint density at radius 3 is 2.14 bits per heavy atom. The smallest absolute Gasteiger partial charge is 0.229 e. The molecular formula is C15H17FN2O2S. The van der Waals surface area contributed by atoms with Crippen molar-refractivity contribution in [3.8, 4) is 0 Å². The van der Waals surface area contributed by atoms with Crippen molar-refractivity contribution in [3.63, 3.8) is 0 Å². The highest BCUT2D eigenvalue weighted by Gasteiger charge is 2.10. The molecule has 0 saturated heterocycles. The Morgan fingerprint density at radius 2 is 1.57 bits per heavy atom. The van der Waals surface area contributed by atoms with Gasteiger partial charge in [-0.3, -0.25) is 4.72 Å². The van der Waals surface area contributed by atoms with E-state index < -0.39 is 10.0 Å². The van der Waals surface area contributed by atoms with Crippen LogP contribution in [0.25, 0.3) is 0 Å². The second-order valence-corrected chi connectivity index (χ2v) is 6.59. The van der Waals surface area contributed by atoms with Crippen LogP contribution in [0.4, 0.5) is 15.8 Å². The summed E-state index contributed by atoms with van der Waals surface area (Å²) in [5.41, 5.74) is 2.05. The third-order valence-corrected chi connectivity index (χ3v) is 3.56. The summed E-state index contributed by atoms with van der Waals surface area (Å²) in [4.78, 5) is 0. The maximum absolute atomic E-state index is 12.9. The molecule has 2 aromatic rings. The summed E-state index contributed by atoms with van der Waals surface area (Å²) in [6, 6.07) is 13.1. The zero-order valence-corrected chi connectivity index (χ0v) is 12.6. The first-order valence-electron chi connectivity index (χ1n) is 6.44. The van der Waals surface area contributed by atoms with Gasteiger partial charge in [-0.2, -0.15) is 0 Å². The van der Waals surface area contributed by atoms with Crippen LogP contribution in [0.5, 0.6) is 0 Å². The number of hydrogen-bond acceptors (Lipinski definition) is 3. The molecule has 0 fully saturated rings. The van der Waals surface area contributed by atoms with E-state index in [1.54, 1.807) is 30.3 Å². The van der Waals surface area contributed by atoms with Gasteiger partial charge in [0, 0.05) is 6.04 Å². The van der Waals surface area contributed by atoms with E-state index in [9.17, 15) is 12.8 Å². The summed E-state index contributed by atoms with van der Waals surface area (Å²) in [7, 11) is -3.35. The quantitative estimate of drug-likeness (QED) is 0.890. The minimum absolute atomic E-state index is 0.0897. The van der Waals surface area contributed by atoms with E-state index in [-0.39, 0.29) is 11.9 Å². The standard InChI is InChI=1S/C15H17FN2O2S/c1-11(12-7-9-13(16)10-8-12)17-14-5-3-4-6-15(14)18-21(2,19)20/h3-11,17-18H,1-2H3. The lowest BCUT2D eigenvalue weighted by Gasteiger charge is -2.18. The molecule has 0 amide bonds. The number of benzene rings is 2. The van der Waals surface area contributed by atoms with Crippen molar-refractivity contribution < 1.29 is 12.8 Å². The Hall–Kier alpha value is -2.08. The molecule has 0 aliphatic heterocycles. The predicted molar refractivity (Wildman–Crippen MR) is 83.3 cm³/mol. The molecule has 112 valence electrons. The van der Waals surface area contributed by atoms with Crippen LogP contribution < -0.4 is 10.0 Å². The van der Waals surface area contributed by atoms with Crippen molar-refractivity contribution in [1.82, 2.24) is 0 Å². The Kier molecular flexibility index (Phi) is 4.47. The maximum atomic E-state index is 12.9. The number of nitrogens with one attached hydrogen (secondary N) is 2. The van der Waals surface area contributed by atoms with Crippen molar-refractivity contribution in [2.45, 2.75) is 13.0 Å². The Morgan fingerprint density at radius 1 is 1.00 bits per heavy atom. The lowest BCUT2D eigenvalue weighted by atomic mass is 10.1. The van der Waals surface area contributed by atoms with Crippen LogP contribution in [0.15, 0.2) is 48.5 Å². The Bertz CT molecular complexity index is 715. The van der Waals surface area contributed by atoms with Gasteiger partial charge in [0.15, 0.2) is 0 Å². The zero-order chi connectivity index (χ0) is 15.5. The highest BCUT2D eigenvalue weighted by atomic mass is 32.2. The van der Waals surface area contributed by atoms with E-state index in [1.165, 1.54) is 12.1 Å². The lowest BCUT2D eigenvalue weighted by Crippen LogP contribution is -2.13. The van der Waals surface area contributed by atoms with Crippen molar-refractivity contribution in [1.29, 1.82) is 0 Å². The number of anilines is 2. The summed E-state index contributed by atoms with van der Waals surface area (Å²) < 4.78 is 38.1. The fourth-order valence-corrected chi connectivity index (χ4v) is 2.54. The third-order valence-electron chi connectivity index (χ3n) is 2.96. The molecule has 0 aromatic heterocycles. The number of halogens is 1. The van der Waals surface area contributed by atoms with E-state index in [4.69, 9.17) is 0 Å². The number of para-hydroxylation sites is 2. The Balaban J connectivity index is 2.21. The number of hydrogen-bond donors (Lipinski definition) is 2. The predicted octanol–water partition coefficient (Wildman–Crippen LogP) is 3.37. The van der Waals surface area contributed by atoms with E-state index in [0.717, 1.165) is 11.8 Å². The van der Waals surface area contributed by atoms with Gasteiger partial charge in [-0.05, 0) is 36.8 Å². The molecule has 0 saturated carbocycles. The van der Waals surface area contributed by atoms with E-state index in [1.807, 2.05) is 13.0 Å². The first-order chi connectivity index (χ1) is 9.85. The lowest BCUT2D eigenvalue weighted by molar-refractivity contribution is 0.606. The molecule has 0 aliphatic carbocycles. The fraction of sp³-hybridized carbons (Fsp3) is 0.200. The van der Waals surface area contributed by atoms with Crippen LogP contribution in [0.2, 0.25) is 0 Å². The van der Waals surface area contributed by atoms with Gasteiger partial charge < -0.3 is 5.32 Å². The van der Waals surface area contributed by atoms with Crippen LogP contribution in [0, 0.1) is 5.82 Å². The number of rotatable bonds is 5. The second kappa shape index (κ2) is 6.13. The molecule has 21 heavy (non-hydrogen) atoms. The average Bonchev–Trinajstić information content (AvgIpc) is 2.40. The van der Waals surface area contributed by atoms with E-state index in [0.29, 0.717) is 11.4 Å². The normalized spacial score (nSPS) is 12.7. The van der Waals surface area contributed by atoms with E-state index >= 15 is 0 Å². The molecule has 4 nitrogen and oxygen atoms in total. The van der Waals surface area contributed by atoms with Gasteiger partial charge in [-0.15, -0.1) is 0 Å². The molecule has 6 heteroatoms. The summed E-state index contributed by atoms with van der Waals surface area (Å²) >= 11 is 0. The first kappa shape index (κ1) is 15.3. The highest BCUT2D eigenvalue weighted by Crippen LogP contribution is 2.26. The molecule has 2 aromatic carbocycles. The van der Waals surface area contributed by atoms with Gasteiger partial charge in [-0.1, -0.05) is 24.3 Å². The van der Waals surface area contributed by atoms with Crippen LogP contribution in [-0.2, 0) is 10.0 Å². The molecule has 1 atom stereocenters. The first-order valence-corrected chi connectivity index (χ1v) is 8.33. The SMILES string of the molecule is CC(Nc1ccccc1NS(C)(=O)=O)c1ccc(F)cc1. The van der Waals surface area contributed by atoms with Crippen LogP contribution in [0.1, 0.15) is 18.5 Å². The van der Waals surface area contributed by atoms with Gasteiger partial charge in [0.25, 0.3) is 0 Å². The molecular weight excluding hydrogens is 291 g/mol. The van der Waals surface area contributed by atoms with Crippen LogP contribution >= 0.6 is 0 Å².